The first-order chi connectivity index (χ1) is 21.7. The van der Waals surface area contributed by atoms with Crippen molar-refractivity contribution in [1.29, 1.82) is 0 Å². The molecule has 4 aromatic carbocycles. The van der Waals surface area contributed by atoms with Gasteiger partial charge < -0.3 is 19.3 Å². The van der Waals surface area contributed by atoms with Crippen molar-refractivity contribution in [3.05, 3.63) is 144 Å². The maximum Gasteiger partial charge on any atom is 0.0642 e. The monoisotopic (exact) mass is 602 g/mol. The molecule has 0 spiro atoms. The van der Waals surface area contributed by atoms with Gasteiger partial charge in [0.15, 0.2) is 0 Å². The SMILES string of the molecule is Cc1ccc(/C(=C/C(/C=C(/c2ccc(C)cc2)N2CCOCC2)P(c2ccccc2)c2ccccc2)N2CCOCC2)cc1. The van der Waals surface area contributed by atoms with Crippen LogP contribution in [0.5, 0.6) is 0 Å². The summed E-state index contributed by atoms with van der Waals surface area (Å²) >= 11 is 0. The van der Waals surface area contributed by atoms with Crippen LogP contribution in [0.25, 0.3) is 11.4 Å². The maximum atomic E-state index is 5.81. The zero-order chi connectivity index (χ0) is 30.1. The van der Waals surface area contributed by atoms with Crippen molar-refractivity contribution >= 4 is 29.9 Å². The highest BCUT2D eigenvalue weighted by atomic mass is 31.1. The van der Waals surface area contributed by atoms with Crippen LogP contribution >= 0.6 is 7.92 Å². The summed E-state index contributed by atoms with van der Waals surface area (Å²) in [5.41, 5.74) is 7.78. The Morgan fingerprint density at radius 3 is 1.27 bits per heavy atom. The molecular weight excluding hydrogens is 559 g/mol. The normalized spacial score (nSPS) is 16.5. The molecule has 0 N–H and O–H groups in total. The van der Waals surface area contributed by atoms with Crippen molar-refractivity contribution in [1.82, 2.24) is 9.80 Å². The van der Waals surface area contributed by atoms with Crippen molar-refractivity contribution in [2.75, 3.05) is 52.6 Å². The number of rotatable bonds is 9. The van der Waals surface area contributed by atoms with Crippen LogP contribution < -0.4 is 10.6 Å². The standard InChI is InChI=1S/C39H43N2O2P/c1-31-13-17-33(18-14-31)38(40-21-25-42-26-22-40)29-37(44(35-9-5-3-6-10-35)36-11-7-4-8-12-36)30-39(41-23-27-43-28-24-41)34-19-15-32(2)16-20-34/h3-20,29-30,37H,21-28H2,1-2H3/b38-29-,39-30-. The number of allylic oxidation sites excluding steroid dienone is 2. The highest BCUT2D eigenvalue weighted by Gasteiger charge is 2.27. The fourth-order valence-corrected chi connectivity index (χ4v) is 8.57. The van der Waals surface area contributed by atoms with Gasteiger partial charge in [0.1, 0.15) is 0 Å². The molecule has 0 amide bonds. The fraction of sp³-hybridized carbons (Fsp3) is 0.282. The van der Waals surface area contributed by atoms with Crippen molar-refractivity contribution in [3.8, 4) is 0 Å². The Hall–Kier alpha value is -3.69. The number of morpholine rings is 2. The van der Waals surface area contributed by atoms with Crippen LogP contribution in [0.4, 0.5) is 0 Å². The lowest BCUT2D eigenvalue weighted by atomic mass is 10.0. The number of hydrogen-bond acceptors (Lipinski definition) is 4. The van der Waals surface area contributed by atoms with E-state index >= 15 is 0 Å². The minimum atomic E-state index is -0.783. The van der Waals surface area contributed by atoms with E-state index < -0.39 is 7.92 Å². The zero-order valence-electron chi connectivity index (χ0n) is 25.9. The molecule has 0 saturated carbocycles. The number of benzene rings is 4. The van der Waals surface area contributed by atoms with Crippen LogP contribution in [0.1, 0.15) is 22.3 Å². The van der Waals surface area contributed by atoms with Crippen molar-refractivity contribution in [3.63, 3.8) is 0 Å². The Morgan fingerprint density at radius 1 is 0.545 bits per heavy atom. The highest BCUT2D eigenvalue weighted by Crippen LogP contribution is 2.44. The molecule has 2 fully saturated rings. The van der Waals surface area contributed by atoms with Crippen LogP contribution in [-0.2, 0) is 9.47 Å². The van der Waals surface area contributed by atoms with Gasteiger partial charge in [0.05, 0.1) is 26.4 Å². The predicted molar refractivity (Wildman–Crippen MR) is 186 cm³/mol. The summed E-state index contributed by atoms with van der Waals surface area (Å²) in [4.78, 5) is 5.05. The van der Waals surface area contributed by atoms with Gasteiger partial charge in [-0.15, -0.1) is 0 Å². The summed E-state index contributed by atoms with van der Waals surface area (Å²) in [7, 11) is -0.783. The predicted octanol–water partition coefficient (Wildman–Crippen LogP) is 6.85. The molecule has 0 bridgehead atoms. The molecule has 2 heterocycles. The summed E-state index contributed by atoms with van der Waals surface area (Å²) in [6.45, 7) is 10.9. The van der Waals surface area contributed by atoms with Gasteiger partial charge in [-0.3, -0.25) is 0 Å². The van der Waals surface area contributed by atoms with E-state index in [1.54, 1.807) is 0 Å². The topological polar surface area (TPSA) is 24.9 Å². The molecule has 5 heteroatoms. The number of nitrogens with zero attached hydrogens (tertiary/aromatic N) is 2. The Kier molecular flexibility index (Phi) is 10.2. The molecule has 2 saturated heterocycles. The van der Waals surface area contributed by atoms with Crippen LogP contribution in [0.15, 0.2) is 121 Å². The van der Waals surface area contributed by atoms with Crippen LogP contribution in [0, 0.1) is 13.8 Å². The molecule has 0 aromatic heterocycles. The average Bonchev–Trinajstić information content (AvgIpc) is 3.08. The molecule has 4 nitrogen and oxygen atoms in total. The second kappa shape index (κ2) is 14.9. The fourth-order valence-electron chi connectivity index (χ4n) is 6.02. The molecular formula is C39H43N2O2P. The molecule has 0 radical (unpaired) electrons. The first kappa shape index (κ1) is 30.3. The summed E-state index contributed by atoms with van der Waals surface area (Å²) in [6.07, 6.45) is 5.13. The molecule has 226 valence electrons. The second-order valence-electron chi connectivity index (χ2n) is 11.6. The summed E-state index contributed by atoms with van der Waals surface area (Å²) in [6, 6.07) is 40.3. The Balaban J connectivity index is 1.58. The summed E-state index contributed by atoms with van der Waals surface area (Å²) in [5, 5.41) is 2.75. The smallest absolute Gasteiger partial charge is 0.0642 e. The molecule has 0 atom stereocenters. The molecule has 6 rings (SSSR count). The molecule has 2 aliphatic rings. The number of ether oxygens (including phenoxy) is 2. The van der Waals surface area contributed by atoms with E-state index in [4.69, 9.17) is 9.47 Å². The molecule has 0 aliphatic carbocycles. The molecule has 0 unspecified atom stereocenters. The van der Waals surface area contributed by atoms with Gasteiger partial charge >= 0.3 is 0 Å². The first-order valence-corrected chi connectivity index (χ1v) is 17.2. The van der Waals surface area contributed by atoms with E-state index in [1.807, 2.05) is 0 Å². The van der Waals surface area contributed by atoms with Gasteiger partial charge in [0, 0.05) is 43.2 Å². The van der Waals surface area contributed by atoms with Crippen molar-refractivity contribution in [2.24, 2.45) is 0 Å². The number of hydrogen-bond donors (Lipinski definition) is 0. The van der Waals surface area contributed by atoms with Gasteiger partial charge in [-0.25, -0.2) is 0 Å². The van der Waals surface area contributed by atoms with Crippen molar-refractivity contribution < 1.29 is 9.47 Å². The first-order valence-electron chi connectivity index (χ1n) is 15.8. The highest BCUT2D eigenvalue weighted by molar-refractivity contribution is 7.74. The van der Waals surface area contributed by atoms with E-state index in [0.717, 1.165) is 52.6 Å². The Labute approximate surface area is 264 Å². The molecule has 44 heavy (non-hydrogen) atoms. The quantitative estimate of drug-likeness (QED) is 0.196. The van der Waals surface area contributed by atoms with E-state index in [2.05, 4.69) is 145 Å². The van der Waals surface area contributed by atoms with Gasteiger partial charge in [0.25, 0.3) is 0 Å². The molecule has 4 aromatic rings. The third-order valence-electron chi connectivity index (χ3n) is 8.42. The van der Waals surface area contributed by atoms with E-state index in [1.165, 1.54) is 44.3 Å². The van der Waals surface area contributed by atoms with Crippen LogP contribution in [0.2, 0.25) is 0 Å². The van der Waals surface area contributed by atoms with Gasteiger partial charge in [-0.05, 0) is 55.7 Å². The van der Waals surface area contributed by atoms with Crippen LogP contribution in [-0.4, -0.2) is 68.1 Å². The lowest BCUT2D eigenvalue weighted by Crippen LogP contribution is -2.36. The van der Waals surface area contributed by atoms with E-state index in [0.29, 0.717) is 0 Å². The number of aryl methyl sites for hydroxylation is 2. The van der Waals surface area contributed by atoms with Gasteiger partial charge in [0.2, 0.25) is 0 Å². The second-order valence-corrected chi connectivity index (χ2v) is 13.9. The van der Waals surface area contributed by atoms with Gasteiger partial charge in [-0.1, -0.05) is 120 Å². The van der Waals surface area contributed by atoms with Crippen molar-refractivity contribution in [2.45, 2.75) is 19.5 Å². The maximum absolute atomic E-state index is 5.81. The lowest BCUT2D eigenvalue weighted by Gasteiger charge is -2.35. The lowest BCUT2D eigenvalue weighted by molar-refractivity contribution is 0.0637. The van der Waals surface area contributed by atoms with E-state index in [9.17, 15) is 0 Å². The molecule has 2 aliphatic heterocycles. The third-order valence-corrected chi connectivity index (χ3v) is 11.0. The minimum Gasteiger partial charge on any atom is -0.378 e. The summed E-state index contributed by atoms with van der Waals surface area (Å²) in [5.74, 6) is 0. The van der Waals surface area contributed by atoms with Gasteiger partial charge in [-0.2, -0.15) is 0 Å². The largest absolute Gasteiger partial charge is 0.378 e. The third kappa shape index (κ3) is 7.50. The summed E-state index contributed by atoms with van der Waals surface area (Å²) < 4.78 is 11.6. The Morgan fingerprint density at radius 2 is 0.909 bits per heavy atom. The minimum absolute atomic E-state index is 0.132. The Bertz CT molecular complexity index is 1410. The average molecular weight is 603 g/mol. The van der Waals surface area contributed by atoms with E-state index in [-0.39, 0.29) is 5.66 Å². The van der Waals surface area contributed by atoms with Crippen LogP contribution in [0.3, 0.4) is 0 Å². The zero-order valence-corrected chi connectivity index (χ0v) is 26.8.